The summed E-state index contributed by atoms with van der Waals surface area (Å²) in [5, 5.41) is 2.90. The highest BCUT2D eigenvalue weighted by molar-refractivity contribution is 6.04. The van der Waals surface area contributed by atoms with E-state index in [-0.39, 0.29) is 5.91 Å². The van der Waals surface area contributed by atoms with Gasteiger partial charge in [-0.1, -0.05) is 36.4 Å². The van der Waals surface area contributed by atoms with Gasteiger partial charge in [0.1, 0.15) is 0 Å². The predicted octanol–water partition coefficient (Wildman–Crippen LogP) is 3.73. The maximum atomic E-state index is 12.4. The molecule has 1 aliphatic heterocycles. The van der Waals surface area contributed by atoms with Crippen LogP contribution in [0.15, 0.2) is 60.9 Å². The molecule has 124 valence electrons. The van der Waals surface area contributed by atoms with Gasteiger partial charge in [-0.25, -0.2) is 9.97 Å². The van der Waals surface area contributed by atoms with Gasteiger partial charge in [0, 0.05) is 30.3 Å². The Morgan fingerprint density at radius 1 is 1.04 bits per heavy atom. The van der Waals surface area contributed by atoms with Crippen LogP contribution in [0.3, 0.4) is 0 Å². The van der Waals surface area contributed by atoms with Crippen LogP contribution in [0.5, 0.6) is 0 Å². The number of aryl methyl sites for hydroxylation is 1. The summed E-state index contributed by atoms with van der Waals surface area (Å²) in [6.07, 6.45) is 4.14. The fourth-order valence-corrected chi connectivity index (χ4v) is 3.03. The number of hydrogen-bond acceptors (Lipinski definition) is 4. The molecule has 0 saturated heterocycles. The van der Waals surface area contributed by atoms with Gasteiger partial charge in [-0.2, -0.15) is 0 Å². The van der Waals surface area contributed by atoms with Crippen LogP contribution < -0.4 is 10.2 Å². The van der Waals surface area contributed by atoms with Crippen LogP contribution in [0.1, 0.15) is 21.5 Å². The van der Waals surface area contributed by atoms with E-state index in [0.717, 1.165) is 29.9 Å². The number of carbonyl (C=O) groups is 1. The van der Waals surface area contributed by atoms with Crippen molar-refractivity contribution in [2.75, 3.05) is 16.8 Å². The molecule has 0 aliphatic carbocycles. The van der Waals surface area contributed by atoms with E-state index < -0.39 is 0 Å². The molecule has 0 spiro atoms. The molecule has 0 fully saturated rings. The molecule has 1 N–H and O–H groups in total. The Labute approximate surface area is 146 Å². The quantitative estimate of drug-likeness (QED) is 0.795. The Morgan fingerprint density at radius 3 is 2.56 bits per heavy atom. The summed E-state index contributed by atoms with van der Waals surface area (Å²) in [6.45, 7) is 2.81. The van der Waals surface area contributed by atoms with Gasteiger partial charge < -0.3 is 10.2 Å². The van der Waals surface area contributed by atoms with E-state index in [4.69, 9.17) is 0 Å². The Hall–Kier alpha value is -3.21. The molecule has 5 heteroatoms. The summed E-state index contributed by atoms with van der Waals surface area (Å²) >= 11 is 0. The Balaban J connectivity index is 1.53. The molecule has 2 heterocycles. The standard InChI is InChI=1S/C20H18N4O/c1-14-6-2-4-8-17(14)23-19(25)16-12-21-20(22-13-16)24-11-10-15-7-3-5-9-18(15)24/h2-9,12-13H,10-11H2,1H3,(H,23,25). The molecular formula is C20H18N4O. The molecule has 1 amide bonds. The highest BCUT2D eigenvalue weighted by Gasteiger charge is 2.22. The lowest BCUT2D eigenvalue weighted by Crippen LogP contribution is -2.18. The van der Waals surface area contributed by atoms with Crippen LogP contribution in [-0.2, 0) is 6.42 Å². The number of para-hydroxylation sites is 2. The highest BCUT2D eigenvalue weighted by atomic mass is 16.1. The molecule has 0 unspecified atom stereocenters. The Morgan fingerprint density at radius 2 is 1.76 bits per heavy atom. The van der Waals surface area contributed by atoms with E-state index in [1.165, 1.54) is 5.56 Å². The molecule has 4 rings (SSSR count). The first-order valence-electron chi connectivity index (χ1n) is 8.27. The maximum absolute atomic E-state index is 12.4. The Bertz CT molecular complexity index is 921. The fourth-order valence-electron chi connectivity index (χ4n) is 3.03. The Kier molecular flexibility index (Phi) is 3.90. The van der Waals surface area contributed by atoms with Crippen molar-refractivity contribution in [3.8, 4) is 0 Å². The van der Waals surface area contributed by atoms with Crippen molar-refractivity contribution < 1.29 is 4.79 Å². The van der Waals surface area contributed by atoms with Gasteiger partial charge in [0.2, 0.25) is 5.95 Å². The summed E-state index contributed by atoms with van der Waals surface area (Å²) < 4.78 is 0. The average Bonchev–Trinajstić information content (AvgIpc) is 3.08. The van der Waals surface area contributed by atoms with Gasteiger partial charge in [0.05, 0.1) is 5.56 Å². The second-order valence-corrected chi connectivity index (χ2v) is 6.07. The summed E-state index contributed by atoms with van der Waals surface area (Å²) in [5.74, 6) is 0.417. The van der Waals surface area contributed by atoms with E-state index in [2.05, 4.69) is 32.3 Å². The third-order valence-corrected chi connectivity index (χ3v) is 4.42. The van der Waals surface area contributed by atoms with Gasteiger partial charge >= 0.3 is 0 Å². The monoisotopic (exact) mass is 330 g/mol. The summed E-state index contributed by atoms with van der Waals surface area (Å²) in [4.78, 5) is 23.3. The number of benzene rings is 2. The molecule has 1 aromatic heterocycles. The summed E-state index contributed by atoms with van der Waals surface area (Å²) in [7, 11) is 0. The average molecular weight is 330 g/mol. The normalized spacial score (nSPS) is 12.8. The molecule has 0 radical (unpaired) electrons. The first-order chi connectivity index (χ1) is 12.2. The maximum Gasteiger partial charge on any atom is 0.258 e. The van der Waals surface area contributed by atoms with Gasteiger partial charge in [0.15, 0.2) is 0 Å². The first-order valence-corrected chi connectivity index (χ1v) is 8.27. The minimum absolute atomic E-state index is 0.206. The lowest BCUT2D eigenvalue weighted by Gasteiger charge is -2.17. The fraction of sp³-hybridized carbons (Fsp3) is 0.150. The highest BCUT2D eigenvalue weighted by Crippen LogP contribution is 2.31. The van der Waals surface area contributed by atoms with Gasteiger partial charge in [-0.05, 0) is 36.6 Å². The van der Waals surface area contributed by atoms with E-state index in [9.17, 15) is 4.79 Å². The second-order valence-electron chi connectivity index (χ2n) is 6.07. The van der Waals surface area contributed by atoms with Crippen LogP contribution in [0.2, 0.25) is 0 Å². The van der Waals surface area contributed by atoms with Crippen molar-refractivity contribution in [2.45, 2.75) is 13.3 Å². The topological polar surface area (TPSA) is 58.1 Å². The number of carbonyl (C=O) groups excluding carboxylic acids is 1. The molecule has 5 nitrogen and oxygen atoms in total. The van der Waals surface area contributed by atoms with Crippen molar-refractivity contribution in [3.05, 3.63) is 77.6 Å². The number of aromatic nitrogens is 2. The van der Waals surface area contributed by atoms with Gasteiger partial charge in [-0.3, -0.25) is 4.79 Å². The van der Waals surface area contributed by atoms with E-state index in [0.29, 0.717) is 11.5 Å². The van der Waals surface area contributed by atoms with Crippen molar-refractivity contribution >= 4 is 23.2 Å². The SMILES string of the molecule is Cc1ccccc1NC(=O)c1cnc(N2CCc3ccccc32)nc1. The van der Waals surface area contributed by atoms with Crippen LogP contribution >= 0.6 is 0 Å². The van der Waals surface area contributed by atoms with Gasteiger partial charge in [0.25, 0.3) is 5.91 Å². The minimum atomic E-state index is -0.206. The summed E-state index contributed by atoms with van der Waals surface area (Å²) in [6, 6.07) is 15.9. The largest absolute Gasteiger partial charge is 0.322 e. The number of hydrogen-bond donors (Lipinski definition) is 1. The predicted molar refractivity (Wildman–Crippen MR) is 98.3 cm³/mol. The molecule has 0 atom stereocenters. The van der Waals surface area contributed by atoms with Crippen molar-refractivity contribution in [1.82, 2.24) is 9.97 Å². The lowest BCUT2D eigenvalue weighted by atomic mass is 10.2. The molecule has 2 aromatic carbocycles. The van der Waals surface area contributed by atoms with Gasteiger partial charge in [-0.15, -0.1) is 0 Å². The number of rotatable bonds is 3. The number of amides is 1. The van der Waals surface area contributed by atoms with Crippen molar-refractivity contribution in [3.63, 3.8) is 0 Å². The van der Waals surface area contributed by atoms with E-state index >= 15 is 0 Å². The second kappa shape index (κ2) is 6.36. The van der Waals surface area contributed by atoms with Crippen LogP contribution in [0.25, 0.3) is 0 Å². The molecule has 25 heavy (non-hydrogen) atoms. The number of fused-ring (bicyclic) bond motifs is 1. The van der Waals surface area contributed by atoms with E-state index in [1.54, 1.807) is 12.4 Å². The van der Waals surface area contributed by atoms with Crippen molar-refractivity contribution in [2.24, 2.45) is 0 Å². The molecular weight excluding hydrogens is 312 g/mol. The zero-order chi connectivity index (χ0) is 17.2. The molecule has 0 bridgehead atoms. The third kappa shape index (κ3) is 2.96. The molecule has 3 aromatic rings. The smallest absolute Gasteiger partial charge is 0.258 e. The van der Waals surface area contributed by atoms with E-state index in [1.807, 2.05) is 43.3 Å². The first kappa shape index (κ1) is 15.3. The zero-order valence-electron chi connectivity index (χ0n) is 13.9. The summed E-state index contributed by atoms with van der Waals surface area (Å²) in [5.41, 5.74) is 4.69. The lowest BCUT2D eigenvalue weighted by molar-refractivity contribution is 0.102. The van der Waals surface area contributed by atoms with Crippen LogP contribution in [-0.4, -0.2) is 22.4 Å². The zero-order valence-corrected chi connectivity index (χ0v) is 13.9. The number of nitrogens with one attached hydrogen (secondary N) is 1. The van der Waals surface area contributed by atoms with Crippen LogP contribution in [0, 0.1) is 6.92 Å². The van der Waals surface area contributed by atoms with Crippen molar-refractivity contribution in [1.29, 1.82) is 0 Å². The van der Waals surface area contributed by atoms with Crippen LogP contribution in [0.4, 0.5) is 17.3 Å². The number of nitrogens with zero attached hydrogens (tertiary/aromatic N) is 3. The molecule has 0 saturated carbocycles. The molecule has 1 aliphatic rings. The third-order valence-electron chi connectivity index (χ3n) is 4.42. The minimum Gasteiger partial charge on any atom is -0.322 e. The number of anilines is 3.